The second kappa shape index (κ2) is 7.22. The molecule has 0 heterocycles. The molecular formula is C13H12FIO4. The molecule has 0 N–H and O–H groups in total. The van der Waals surface area contributed by atoms with Gasteiger partial charge in [-0.15, -0.1) is 0 Å². The molecule has 4 nitrogen and oxygen atoms in total. The number of Topliss-reactive ketones (excluding diaryl/α,β-unsaturated/α-hetero) is 1. The summed E-state index contributed by atoms with van der Waals surface area (Å²) in [5, 5.41) is 0. The van der Waals surface area contributed by atoms with E-state index < -0.39 is 17.6 Å². The van der Waals surface area contributed by atoms with Gasteiger partial charge in [-0.25, -0.2) is 9.18 Å². The quantitative estimate of drug-likeness (QED) is 0.150. The molecule has 0 atom stereocenters. The molecule has 0 fully saturated rings. The Morgan fingerprint density at radius 2 is 2.11 bits per heavy atom. The van der Waals surface area contributed by atoms with Crippen LogP contribution in [0.2, 0.25) is 0 Å². The predicted molar refractivity (Wildman–Crippen MR) is 75.2 cm³/mol. The van der Waals surface area contributed by atoms with Crippen LogP contribution in [0.5, 0.6) is 0 Å². The number of ketones is 1. The number of ether oxygens (including phenoxy) is 2. The average Bonchev–Trinajstić information content (AvgIpc) is 2.38. The molecule has 1 aromatic rings. The van der Waals surface area contributed by atoms with E-state index in [0.717, 1.165) is 6.26 Å². The summed E-state index contributed by atoms with van der Waals surface area (Å²) in [4.78, 5) is 23.8. The second-order valence-corrected chi connectivity index (χ2v) is 4.69. The summed E-state index contributed by atoms with van der Waals surface area (Å²) in [6.07, 6.45) is 0.958. The maximum atomic E-state index is 13.6. The van der Waals surface area contributed by atoms with Crippen molar-refractivity contribution in [3.05, 3.63) is 45.0 Å². The van der Waals surface area contributed by atoms with E-state index in [0.29, 0.717) is 3.57 Å². The molecule has 0 saturated heterocycles. The fourth-order valence-corrected chi connectivity index (χ4v) is 1.83. The first kappa shape index (κ1) is 15.6. The van der Waals surface area contributed by atoms with Crippen LogP contribution < -0.4 is 0 Å². The van der Waals surface area contributed by atoms with E-state index in [2.05, 4.69) is 4.74 Å². The normalized spacial score (nSPS) is 11.1. The summed E-state index contributed by atoms with van der Waals surface area (Å²) in [5.41, 5.74) is -0.534. The molecule has 0 aliphatic carbocycles. The van der Waals surface area contributed by atoms with Crippen LogP contribution in [0.4, 0.5) is 4.39 Å². The smallest absolute Gasteiger partial charge is 0.345 e. The van der Waals surface area contributed by atoms with Gasteiger partial charge in [0.1, 0.15) is 17.7 Å². The second-order valence-electron chi connectivity index (χ2n) is 3.44. The van der Waals surface area contributed by atoms with E-state index in [9.17, 15) is 14.0 Å². The van der Waals surface area contributed by atoms with Crippen molar-refractivity contribution in [1.29, 1.82) is 0 Å². The van der Waals surface area contributed by atoms with Crippen LogP contribution in [0.25, 0.3) is 0 Å². The summed E-state index contributed by atoms with van der Waals surface area (Å²) in [7, 11) is 1.29. The number of carbonyl (C=O) groups is 2. The Bertz CT molecular complexity index is 525. The van der Waals surface area contributed by atoms with Gasteiger partial charge in [0.25, 0.3) is 0 Å². The van der Waals surface area contributed by atoms with Crippen LogP contribution in [-0.2, 0) is 14.3 Å². The average molecular weight is 378 g/mol. The van der Waals surface area contributed by atoms with Crippen LogP contribution in [0, 0.1) is 9.39 Å². The Kier molecular flexibility index (Phi) is 5.94. The highest BCUT2D eigenvalue weighted by atomic mass is 127. The molecule has 6 heteroatoms. The van der Waals surface area contributed by atoms with E-state index in [1.807, 2.05) is 22.6 Å². The predicted octanol–water partition coefficient (Wildman–Crippen LogP) is 2.71. The number of hydrogen-bond acceptors (Lipinski definition) is 4. The third kappa shape index (κ3) is 4.02. The van der Waals surface area contributed by atoms with Gasteiger partial charge in [0.05, 0.1) is 19.3 Å². The first-order valence-corrected chi connectivity index (χ1v) is 6.49. The van der Waals surface area contributed by atoms with E-state index in [1.54, 1.807) is 6.92 Å². The Hall–Kier alpha value is -1.44. The van der Waals surface area contributed by atoms with Crippen LogP contribution in [0.3, 0.4) is 0 Å². The third-order valence-corrected chi connectivity index (χ3v) is 2.82. The summed E-state index contributed by atoms with van der Waals surface area (Å²) in [6.45, 7) is 1.72. The summed E-state index contributed by atoms with van der Waals surface area (Å²) in [5.74, 6) is -2.30. The first-order valence-electron chi connectivity index (χ1n) is 5.41. The Balaban J connectivity index is 3.17. The van der Waals surface area contributed by atoms with Gasteiger partial charge in [-0.2, -0.15) is 0 Å². The maximum absolute atomic E-state index is 13.6. The lowest BCUT2D eigenvalue weighted by atomic mass is 10.0. The lowest BCUT2D eigenvalue weighted by Crippen LogP contribution is -2.17. The highest BCUT2D eigenvalue weighted by molar-refractivity contribution is 14.1. The molecule has 19 heavy (non-hydrogen) atoms. The van der Waals surface area contributed by atoms with Gasteiger partial charge in [0, 0.05) is 3.57 Å². The monoisotopic (exact) mass is 378 g/mol. The van der Waals surface area contributed by atoms with Crippen molar-refractivity contribution < 1.29 is 23.5 Å². The number of halogens is 2. The molecule has 0 unspecified atom stereocenters. The number of hydrogen-bond donors (Lipinski definition) is 0. The molecule has 0 amide bonds. The molecule has 0 radical (unpaired) electrons. The largest absolute Gasteiger partial charge is 0.503 e. The minimum absolute atomic E-state index is 0.113. The zero-order valence-electron chi connectivity index (χ0n) is 10.4. The summed E-state index contributed by atoms with van der Waals surface area (Å²) < 4.78 is 23.7. The third-order valence-electron chi connectivity index (χ3n) is 2.15. The van der Waals surface area contributed by atoms with E-state index in [4.69, 9.17) is 4.74 Å². The molecular weight excluding hydrogens is 366 g/mol. The Morgan fingerprint density at radius 1 is 1.42 bits per heavy atom. The summed E-state index contributed by atoms with van der Waals surface area (Å²) in [6, 6.07) is 4.06. The molecule has 102 valence electrons. The van der Waals surface area contributed by atoms with Gasteiger partial charge in [-0.1, -0.05) is 0 Å². The van der Waals surface area contributed by atoms with Crippen LogP contribution in [-0.4, -0.2) is 25.5 Å². The molecule has 0 saturated carbocycles. The van der Waals surface area contributed by atoms with Crippen LogP contribution in [0.15, 0.2) is 30.0 Å². The van der Waals surface area contributed by atoms with Crippen molar-refractivity contribution in [2.45, 2.75) is 6.92 Å². The van der Waals surface area contributed by atoms with Crippen molar-refractivity contribution in [1.82, 2.24) is 0 Å². The van der Waals surface area contributed by atoms with Crippen molar-refractivity contribution in [3.63, 3.8) is 0 Å². The van der Waals surface area contributed by atoms with Gasteiger partial charge in [-0.3, -0.25) is 4.79 Å². The van der Waals surface area contributed by atoms with Gasteiger partial charge in [0.15, 0.2) is 0 Å². The standard InChI is InChI=1S/C13H12FIO4/c1-3-19-13(17)10(7-18-2)12(16)9-6-8(15)4-5-11(9)14/h4-7H,3H2,1-2H3/b10-7+. The SMILES string of the molecule is CCOC(=O)/C(=C/OC)C(=O)c1cc(I)ccc1F. The van der Waals surface area contributed by atoms with E-state index in [1.165, 1.54) is 25.3 Å². The molecule has 1 rings (SSSR count). The molecule has 0 aliphatic rings. The molecule has 1 aromatic carbocycles. The fraction of sp³-hybridized carbons (Fsp3) is 0.231. The van der Waals surface area contributed by atoms with Crippen molar-refractivity contribution in [3.8, 4) is 0 Å². The Morgan fingerprint density at radius 3 is 2.68 bits per heavy atom. The van der Waals surface area contributed by atoms with Crippen molar-refractivity contribution in [2.75, 3.05) is 13.7 Å². The number of rotatable bonds is 5. The highest BCUT2D eigenvalue weighted by Gasteiger charge is 2.24. The fourth-order valence-electron chi connectivity index (χ4n) is 1.34. The van der Waals surface area contributed by atoms with Crippen molar-refractivity contribution >= 4 is 34.3 Å². The van der Waals surface area contributed by atoms with Gasteiger partial charge in [0.2, 0.25) is 5.78 Å². The number of benzene rings is 1. The minimum Gasteiger partial charge on any atom is -0.503 e. The first-order chi connectivity index (χ1) is 9.01. The van der Waals surface area contributed by atoms with Gasteiger partial charge < -0.3 is 9.47 Å². The molecule has 0 spiro atoms. The summed E-state index contributed by atoms with van der Waals surface area (Å²) >= 11 is 1.95. The van der Waals surface area contributed by atoms with E-state index in [-0.39, 0.29) is 17.7 Å². The topological polar surface area (TPSA) is 52.6 Å². The highest BCUT2D eigenvalue weighted by Crippen LogP contribution is 2.17. The number of carbonyl (C=O) groups excluding carboxylic acids is 2. The van der Waals surface area contributed by atoms with Gasteiger partial charge in [-0.05, 0) is 47.7 Å². The van der Waals surface area contributed by atoms with Gasteiger partial charge >= 0.3 is 5.97 Å². The van der Waals surface area contributed by atoms with Crippen LogP contribution in [0.1, 0.15) is 17.3 Å². The molecule has 0 aliphatic heterocycles. The lowest BCUT2D eigenvalue weighted by molar-refractivity contribution is -0.138. The lowest BCUT2D eigenvalue weighted by Gasteiger charge is -2.07. The van der Waals surface area contributed by atoms with Crippen LogP contribution >= 0.6 is 22.6 Å². The molecule has 0 bridgehead atoms. The van der Waals surface area contributed by atoms with Crippen molar-refractivity contribution in [2.24, 2.45) is 0 Å². The number of methoxy groups -OCH3 is 1. The zero-order valence-corrected chi connectivity index (χ0v) is 12.6. The Labute approximate surface area is 123 Å². The number of esters is 1. The molecule has 0 aromatic heterocycles. The zero-order chi connectivity index (χ0) is 14.4. The maximum Gasteiger partial charge on any atom is 0.345 e. The minimum atomic E-state index is -0.840. The van der Waals surface area contributed by atoms with E-state index >= 15 is 0 Å².